The summed E-state index contributed by atoms with van der Waals surface area (Å²) >= 11 is 1.75. The smallest absolute Gasteiger partial charge is 0.141 e. The first-order valence-electron chi connectivity index (χ1n) is 6.98. The first kappa shape index (κ1) is 12.8. The molecule has 0 radical (unpaired) electrons. The molecule has 0 aromatic carbocycles. The molecular weight excluding hydrogens is 256 g/mol. The number of aromatic nitrogens is 2. The van der Waals surface area contributed by atoms with Crippen LogP contribution in [-0.2, 0) is 0 Å². The third kappa shape index (κ3) is 2.44. The van der Waals surface area contributed by atoms with Crippen molar-refractivity contribution in [3.05, 3.63) is 17.3 Å². The average Bonchev–Trinajstić information content (AvgIpc) is 3.03. The SMILES string of the molecule is CCCN(c1ncnc2sc(C)cc12)C1CCNC1. The maximum Gasteiger partial charge on any atom is 0.141 e. The van der Waals surface area contributed by atoms with Crippen molar-refractivity contribution in [3.63, 3.8) is 0 Å². The van der Waals surface area contributed by atoms with Crippen molar-refractivity contribution in [1.82, 2.24) is 15.3 Å². The second-order valence-corrected chi connectivity index (χ2v) is 6.35. The first-order chi connectivity index (χ1) is 9.29. The topological polar surface area (TPSA) is 41.1 Å². The van der Waals surface area contributed by atoms with Crippen LogP contribution in [0.3, 0.4) is 0 Å². The molecule has 1 aliphatic heterocycles. The largest absolute Gasteiger partial charge is 0.352 e. The molecule has 0 bridgehead atoms. The third-order valence-corrected chi connectivity index (χ3v) is 4.60. The van der Waals surface area contributed by atoms with E-state index < -0.39 is 0 Å². The molecule has 3 heterocycles. The van der Waals surface area contributed by atoms with E-state index in [2.05, 4.69) is 40.1 Å². The van der Waals surface area contributed by atoms with Gasteiger partial charge in [-0.25, -0.2) is 9.97 Å². The number of hydrogen-bond donors (Lipinski definition) is 1. The number of anilines is 1. The fourth-order valence-electron chi connectivity index (χ4n) is 2.80. The Bertz CT molecular complexity index is 560. The molecule has 1 aliphatic rings. The van der Waals surface area contributed by atoms with E-state index in [0.29, 0.717) is 6.04 Å². The lowest BCUT2D eigenvalue weighted by molar-refractivity contribution is 0.620. The summed E-state index contributed by atoms with van der Waals surface area (Å²) in [5.74, 6) is 1.12. The van der Waals surface area contributed by atoms with E-state index in [1.54, 1.807) is 17.7 Å². The van der Waals surface area contributed by atoms with Gasteiger partial charge in [-0.15, -0.1) is 11.3 Å². The van der Waals surface area contributed by atoms with Crippen LogP contribution >= 0.6 is 11.3 Å². The molecule has 19 heavy (non-hydrogen) atoms. The number of hydrogen-bond acceptors (Lipinski definition) is 5. The highest BCUT2D eigenvalue weighted by molar-refractivity contribution is 7.18. The normalized spacial score (nSPS) is 19.2. The number of rotatable bonds is 4. The molecule has 0 amide bonds. The highest BCUT2D eigenvalue weighted by Crippen LogP contribution is 2.31. The molecule has 4 nitrogen and oxygen atoms in total. The van der Waals surface area contributed by atoms with Crippen LogP contribution in [0.25, 0.3) is 10.2 Å². The van der Waals surface area contributed by atoms with Crippen LogP contribution in [0.1, 0.15) is 24.6 Å². The third-order valence-electron chi connectivity index (χ3n) is 3.64. The van der Waals surface area contributed by atoms with Gasteiger partial charge in [0.2, 0.25) is 0 Å². The minimum atomic E-state index is 0.568. The van der Waals surface area contributed by atoms with Gasteiger partial charge in [-0.3, -0.25) is 0 Å². The molecule has 102 valence electrons. The van der Waals surface area contributed by atoms with Crippen LogP contribution in [0.15, 0.2) is 12.4 Å². The van der Waals surface area contributed by atoms with Crippen LogP contribution in [0, 0.1) is 6.92 Å². The Hall–Kier alpha value is -1.20. The van der Waals surface area contributed by atoms with Crippen LogP contribution in [0.4, 0.5) is 5.82 Å². The Morgan fingerprint density at radius 1 is 1.47 bits per heavy atom. The predicted molar refractivity (Wildman–Crippen MR) is 81.1 cm³/mol. The summed E-state index contributed by atoms with van der Waals surface area (Å²) < 4.78 is 0. The van der Waals surface area contributed by atoms with Gasteiger partial charge in [-0.2, -0.15) is 0 Å². The van der Waals surface area contributed by atoms with E-state index in [0.717, 1.165) is 36.7 Å². The van der Waals surface area contributed by atoms with E-state index in [1.165, 1.54) is 16.7 Å². The summed E-state index contributed by atoms with van der Waals surface area (Å²) in [4.78, 5) is 13.9. The highest BCUT2D eigenvalue weighted by Gasteiger charge is 2.24. The van der Waals surface area contributed by atoms with Crippen LogP contribution in [0.5, 0.6) is 0 Å². The van der Waals surface area contributed by atoms with E-state index in [9.17, 15) is 0 Å². The number of nitrogens with zero attached hydrogens (tertiary/aromatic N) is 3. The van der Waals surface area contributed by atoms with Gasteiger partial charge in [-0.1, -0.05) is 6.92 Å². The van der Waals surface area contributed by atoms with Crippen LogP contribution in [-0.4, -0.2) is 35.6 Å². The van der Waals surface area contributed by atoms with Gasteiger partial charge < -0.3 is 10.2 Å². The monoisotopic (exact) mass is 276 g/mol. The predicted octanol–water partition coefficient (Wildman–Crippen LogP) is 2.58. The van der Waals surface area contributed by atoms with Gasteiger partial charge in [0, 0.05) is 24.0 Å². The van der Waals surface area contributed by atoms with Gasteiger partial charge in [0.25, 0.3) is 0 Å². The Balaban J connectivity index is 2.03. The molecule has 0 spiro atoms. The summed E-state index contributed by atoms with van der Waals surface area (Å²) in [5, 5.41) is 4.67. The van der Waals surface area contributed by atoms with E-state index in [-0.39, 0.29) is 0 Å². The quantitative estimate of drug-likeness (QED) is 0.932. The molecule has 1 fully saturated rings. The molecule has 3 rings (SSSR count). The minimum Gasteiger partial charge on any atom is -0.352 e. The molecule has 1 unspecified atom stereocenters. The van der Waals surface area contributed by atoms with Crippen molar-refractivity contribution >= 4 is 27.4 Å². The second-order valence-electron chi connectivity index (χ2n) is 5.11. The van der Waals surface area contributed by atoms with Crippen LogP contribution < -0.4 is 10.2 Å². The first-order valence-corrected chi connectivity index (χ1v) is 7.79. The summed E-state index contributed by atoms with van der Waals surface area (Å²) in [6, 6.07) is 2.79. The lowest BCUT2D eigenvalue weighted by atomic mass is 10.2. The molecule has 2 aromatic rings. The summed E-state index contributed by atoms with van der Waals surface area (Å²) in [7, 11) is 0. The highest BCUT2D eigenvalue weighted by atomic mass is 32.1. The maximum absolute atomic E-state index is 4.58. The van der Waals surface area contributed by atoms with Gasteiger partial charge in [-0.05, 0) is 32.4 Å². The summed E-state index contributed by atoms with van der Waals surface area (Å²) in [5.41, 5.74) is 0. The number of nitrogens with one attached hydrogen (secondary N) is 1. The minimum absolute atomic E-state index is 0.568. The fraction of sp³-hybridized carbons (Fsp3) is 0.571. The molecule has 0 aliphatic carbocycles. The maximum atomic E-state index is 4.58. The van der Waals surface area contributed by atoms with E-state index in [1.807, 2.05) is 0 Å². The molecule has 0 saturated carbocycles. The van der Waals surface area contributed by atoms with Crippen LogP contribution in [0.2, 0.25) is 0 Å². The van der Waals surface area contributed by atoms with Gasteiger partial charge in [0.15, 0.2) is 0 Å². The van der Waals surface area contributed by atoms with Crippen molar-refractivity contribution in [2.45, 2.75) is 32.7 Å². The average molecular weight is 276 g/mol. The number of aryl methyl sites for hydroxylation is 1. The van der Waals surface area contributed by atoms with Crippen molar-refractivity contribution in [1.29, 1.82) is 0 Å². The Labute approximate surface area is 117 Å². The Morgan fingerprint density at radius 2 is 2.37 bits per heavy atom. The fourth-order valence-corrected chi connectivity index (χ4v) is 3.64. The standard InChI is InChI=1S/C14H20N4S/c1-3-6-18(11-4-5-15-8-11)13-12-7-10(2)19-14(12)17-9-16-13/h7,9,11,15H,3-6,8H2,1-2H3. The Kier molecular flexibility index (Phi) is 3.66. The lowest BCUT2D eigenvalue weighted by Gasteiger charge is -2.29. The van der Waals surface area contributed by atoms with Gasteiger partial charge in [0.1, 0.15) is 17.0 Å². The summed E-state index contributed by atoms with van der Waals surface area (Å²) in [6.45, 7) is 7.60. The van der Waals surface area contributed by atoms with Crippen molar-refractivity contribution in [2.24, 2.45) is 0 Å². The Morgan fingerprint density at radius 3 is 3.11 bits per heavy atom. The van der Waals surface area contributed by atoms with E-state index >= 15 is 0 Å². The molecule has 5 heteroatoms. The van der Waals surface area contributed by atoms with Crippen molar-refractivity contribution < 1.29 is 0 Å². The van der Waals surface area contributed by atoms with Gasteiger partial charge in [0.05, 0.1) is 5.39 Å². The van der Waals surface area contributed by atoms with Crippen molar-refractivity contribution in [3.8, 4) is 0 Å². The van der Waals surface area contributed by atoms with Crippen molar-refractivity contribution in [2.75, 3.05) is 24.5 Å². The summed E-state index contributed by atoms with van der Waals surface area (Å²) in [6.07, 6.45) is 4.05. The zero-order valence-corrected chi connectivity index (χ0v) is 12.3. The molecule has 1 saturated heterocycles. The zero-order valence-electron chi connectivity index (χ0n) is 11.5. The second kappa shape index (κ2) is 5.43. The van der Waals surface area contributed by atoms with E-state index in [4.69, 9.17) is 0 Å². The molecular formula is C14H20N4S. The zero-order chi connectivity index (χ0) is 13.2. The molecule has 1 atom stereocenters. The molecule has 1 N–H and O–H groups in total. The molecule has 2 aromatic heterocycles. The number of fused-ring (bicyclic) bond motifs is 1. The van der Waals surface area contributed by atoms with Gasteiger partial charge >= 0.3 is 0 Å². The lowest BCUT2D eigenvalue weighted by Crippen LogP contribution is -2.38. The number of thiophene rings is 1.